The summed E-state index contributed by atoms with van der Waals surface area (Å²) in [4.78, 5) is 0. The first-order valence-corrected chi connectivity index (χ1v) is 6.67. The fraction of sp³-hybridized carbons (Fsp3) is 0.133. The van der Waals surface area contributed by atoms with Crippen molar-refractivity contribution in [3.63, 3.8) is 0 Å². The molecule has 0 N–H and O–H groups in total. The Balaban J connectivity index is 2.36. The molecule has 0 bridgehead atoms. The van der Waals surface area contributed by atoms with Gasteiger partial charge in [0, 0.05) is 9.86 Å². The fourth-order valence-electron chi connectivity index (χ4n) is 2.23. The van der Waals surface area contributed by atoms with Gasteiger partial charge in [0.05, 0.1) is 16.9 Å². The Bertz CT molecular complexity index is 728. The van der Waals surface area contributed by atoms with Crippen molar-refractivity contribution >= 4 is 26.8 Å². The number of fused-ring (bicyclic) bond motifs is 1. The van der Waals surface area contributed by atoms with Crippen LogP contribution in [0, 0.1) is 13.8 Å². The topological polar surface area (TPSA) is 17.8 Å². The number of rotatable bonds is 1. The molecule has 18 heavy (non-hydrogen) atoms. The van der Waals surface area contributed by atoms with Gasteiger partial charge in [-0.2, -0.15) is 5.10 Å². The van der Waals surface area contributed by atoms with Crippen LogP contribution in [0.15, 0.2) is 46.9 Å². The van der Waals surface area contributed by atoms with Crippen molar-refractivity contribution < 1.29 is 0 Å². The third kappa shape index (κ3) is 1.75. The predicted molar refractivity (Wildman–Crippen MR) is 78.2 cm³/mol. The van der Waals surface area contributed by atoms with E-state index in [9.17, 15) is 0 Å². The van der Waals surface area contributed by atoms with Crippen molar-refractivity contribution in [2.75, 3.05) is 0 Å². The van der Waals surface area contributed by atoms with Gasteiger partial charge < -0.3 is 0 Å². The Labute approximate surface area is 114 Å². The first-order valence-electron chi connectivity index (χ1n) is 5.88. The smallest absolute Gasteiger partial charge is 0.0755 e. The molecule has 0 amide bonds. The molecule has 3 rings (SSSR count). The highest BCUT2D eigenvalue weighted by Crippen LogP contribution is 2.26. The molecule has 3 heteroatoms. The van der Waals surface area contributed by atoms with E-state index in [0.29, 0.717) is 0 Å². The van der Waals surface area contributed by atoms with E-state index >= 15 is 0 Å². The molecule has 3 aromatic rings. The molecule has 1 heterocycles. The van der Waals surface area contributed by atoms with E-state index < -0.39 is 0 Å². The van der Waals surface area contributed by atoms with Crippen LogP contribution in [0.5, 0.6) is 0 Å². The summed E-state index contributed by atoms with van der Waals surface area (Å²) < 4.78 is 3.09. The molecule has 0 aliphatic heterocycles. The van der Waals surface area contributed by atoms with E-state index in [4.69, 9.17) is 0 Å². The number of aryl methyl sites for hydroxylation is 2. The summed E-state index contributed by atoms with van der Waals surface area (Å²) in [6.45, 7) is 4.15. The van der Waals surface area contributed by atoms with Crippen molar-refractivity contribution in [2.45, 2.75) is 13.8 Å². The first kappa shape index (κ1) is 11.5. The van der Waals surface area contributed by atoms with Crippen LogP contribution in [-0.2, 0) is 0 Å². The molecule has 0 fully saturated rings. The molecule has 0 saturated heterocycles. The Hall–Kier alpha value is -1.61. The van der Waals surface area contributed by atoms with Crippen LogP contribution < -0.4 is 0 Å². The number of hydrogen-bond acceptors (Lipinski definition) is 1. The van der Waals surface area contributed by atoms with Crippen molar-refractivity contribution in [2.24, 2.45) is 0 Å². The van der Waals surface area contributed by atoms with Crippen LogP contribution in [0.1, 0.15) is 11.3 Å². The van der Waals surface area contributed by atoms with Crippen LogP contribution in [0.25, 0.3) is 16.6 Å². The zero-order chi connectivity index (χ0) is 12.7. The van der Waals surface area contributed by atoms with E-state index in [2.05, 4.69) is 58.3 Å². The van der Waals surface area contributed by atoms with Crippen LogP contribution in [-0.4, -0.2) is 9.78 Å². The largest absolute Gasteiger partial charge is 0.233 e. The lowest BCUT2D eigenvalue weighted by molar-refractivity contribution is 0.881. The number of aromatic nitrogens is 2. The maximum Gasteiger partial charge on any atom is 0.0755 e. The van der Waals surface area contributed by atoms with Crippen molar-refractivity contribution in [1.82, 2.24) is 9.78 Å². The number of nitrogens with zero attached hydrogens (tertiary/aromatic N) is 2. The van der Waals surface area contributed by atoms with Gasteiger partial charge in [0.1, 0.15) is 0 Å². The minimum absolute atomic E-state index is 1.06. The van der Waals surface area contributed by atoms with E-state index in [-0.39, 0.29) is 0 Å². The van der Waals surface area contributed by atoms with Crippen molar-refractivity contribution in [3.05, 3.63) is 58.2 Å². The number of para-hydroxylation sites is 1. The SMILES string of the molecule is Cc1ccccc1-n1nc(C)c2ccc(Br)cc21. The summed E-state index contributed by atoms with van der Waals surface area (Å²) in [7, 11) is 0. The Morgan fingerprint density at radius 1 is 1.06 bits per heavy atom. The molecule has 0 spiro atoms. The summed E-state index contributed by atoms with van der Waals surface area (Å²) in [5, 5.41) is 5.85. The normalized spacial score (nSPS) is 11.1. The van der Waals surface area contributed by atoms with Gasteiger partial charge in [-0.3, -0.25) is 0 Å². The molecule has 90 valence electrons. The van der Waals surface area contributed by atoms with Crippen molar-refractivity contribution in [3.8, 4) is 5.69 Å². The minimum Gasteiger partial charge on any atom is -0.233 e. The second kappa shape index (κ2) is 4.25. The summed E-state index contributed by atoms with van der Waals surface area (Å²) >= 11 is 3.53. The van der Waals surface area contributed by atoms with Gasteiger partial charge >= 0.3 is 0 Å². The quantitative estimate of drug-likeness (QED) is 0.651. The van der Waals surface area contributed by atoms with E-state index in [1.165, 1.54) is 10.9 Å². The lowest BCUT2D eigenvalue weighted by Crippen LogP contribution is -1.98. The predicted octanol–water partition coefficient (Wildman–Crippen LogP) is 4.40. The zero-order valence-electron chi connectivity index (χ0n) is 10.3. The highest BCUT2D eigenvalue weighted by molar-refractivity contribution is 9.10. The molecular formula is C15H13BrN2. The highest BCUT2D eigenvalue weighted by Gasteiger charge is 2.10. The van der Waals surface area contributed by atoms with Crippen LogP contribution >= 0.6 is 15.9 Å². The molecular weight excluding hydrogens is 288 g/mol. The van der Waals surface area contributed by atoms with E-state index in [0.717, 1.165) is 21.4 Å². The van der Waals surface area contributed by atoms with Crippen molar-refractivity contribution in [1.29, 1.82) is 0 Å². The fourth-order valence-corrected chi connectivity index (χ4v) is 2.58. The molecule has 0 unspecified atom stereocenters. The average molecular weight is 301 g/mol. The number of hydrogen-bond donors (Lipinski definition) is 0. The standard InChI is InChI=1S/C15H13BrN2/c1-10-5-3-4-6-14(10)18-15-9-12(16)7-8-13(15)11(2)17-18/h3-9H,1-2H3. The van der Waals surface area contributed by atoms with Crippen LogP contribution in [0.4, 0.5) is 0 Å². The van der Waals surface area contributed by atoms with Gasteiger partial charge in [-0.25, -0.2) is 4.68 Å². The van der Waals surface area contributed by atoms with E-state index in [1.54, 1.807) is 0 Å². The maximum atomic E-state index is 4.66. The average Bonchev–Trinajstić information content (AvgIpc) is 2.67. The second-order valence-electron chi connectivity index (χ2n) is 4.45. The first-order chi connectivity index (χ1) is 8.66. The number of halogens is 1. The third-order valence-corrected chi connectivity index (χ3v) is 3.66. The Kier molecular flexibility index (Phi) is 2.71. The minimum atomic E-state index is 1.06. The van der Waals surface area contributed by atoms with E-state index in [1.807, 2.05) is 23.7 Å². The summed E-state index contributed by atoms with van der Waals surface area (Å²) in [6.07, 6.45) is 0. The van der Waals surface area contributed by atoms with Gasteiger partial charge in [0.25, 0.3) is 0 Å². The lowest BCUT2D eigenvalue weighted by Gasteiger charge is -2.06. The second-order valence-corrected chi connectivity index (χ2v) is 5.36. The Morgan fingerprint density at radius 2 is 1.83 bits per heavy atom. The Morgan fingerprint density at radius 3 is 2.61 bits per heavy atom. The highest BCUT2D eigenvalue weighted by atomic mass is 79.9. The van der Waals surface area contributed by atoms with Gasteiger partial charge in [-0.15, -0.1) is 0 Å². The summed E-state index contributed by atoms with van der Waals surface area (Å²) in [6, 6.07) is 14.6. The monoisotopic (exact) mass is 300 g/mol. The third-order valence-electron chi connectivity index (χ3n) is 3.17. The van der Waals surface area contributed by atoms with Crippen LogP contribution in [0.3, 0.4) is 0 Å². The van der Waals surface area contributed by atoms with Gasteiger partial charge in [-0.05, 0) is 43.7 Å². The van der Waals surface area contributed by atoms with Gasteiger partial charge in [0.2, 0.25) is 0 Å². The zero-order valence-corrected chi connectivity index (χ0v) is 11.9. The molecule has 2 aromatic carbocycles. The summed E-state index contributed by atoms with van der Waals surface area (Å²) in [5.41, 5.74) is 4.55. The molecule has 0 radical (unpaired) electrons. The molecule has 0 aliphatic carbocycles. The molecule has 2 nitrogen and oxygen atoms in total. The molecule has 1 aromatic heterocycles. The number of benzene rings is 2. The van der Waals surface area contributed by atoms with Gasteiger partial charge in [0.15, 0.2) is 0 Å². The van der Waals surface area contributed by atoms with Gasteiger partial charge in [-0.1, -0.05) is 34.1 Å². The maximum absolute atomic E-state index is 4.66. The molecule has 0 atom stereocenters. The summed E-state index contributed by atoms with van der Waals surface area (Å²) in [5.74, 6) is 0. The molecule has 0 saturated carbocycles. The lowest BCUT2D eigenvalue weighted by atomic mass is 10.2. The van der Waals surface area contributed by atoms with Crippen LogP contribution in [0.2, 0.25) is 0 Å². The molecule has 0 aliphatic rings.